The Hall–Kier alpha value is -3.06. The molecule has 1 heterocycles. The van der Waals surface area contributed by atoms with E-state index in [-0.39, 0.29) is 34.6 Å². The van der Waals surface area contributed by atoms with E-state index in [4.69, 9.17) is 16.3 Å². The van der Waals surface area contributed by atoms with Gasteiger partial charge in [0.2, 0.25) is 0 Å². The first-order valence-electron chi connectivity index (χ1n) is 11.6. The number of halogens is 1. The largest absolute Gasteiger partial charge is 0.505 e. The van der Waals surface area contributed by atoms with Gasteiger partial charge in [-0.25, -0.2) is 4.79 Å². The summed E-state index contributed by atoms with van der Waals surface area (Å²) in [4.78, 5) is 12.8. The third-order valence-corrected chi connectivity index (χ3v) is 6.14. The van der Waals surface area contributed by atoms with E-state index in [2.05, 4.69) is 16.8 Å². The summed E-state index contributed by atoms with van der Waals surface area (Å²) >= 11 is 6.49. The molecule has 0 bridgehead atoms. The molecule has 0 saturated heterocycles. The van der Waals surface area contributed by atoms with Crippen molar-refractivity contribution < 1.29 is 19.7 Å². The number of benzene rings is 2. The molecule has 8 heteroatoms. The van der Waals surface area contributed by atoms with Crippen LogP contribution in [0.1, 0.15) is 71.6 Å². The molecule has 188 valence electrons. The molecule has 0 aliphatic heterocycles. The zero-order valence-corrected chi connectivity index (χ0v) is 22.2. The molecular weight excluding hydrogens is 466 g/mol. The molecule has 0 aliphatic carbocycles. The third-order valence-electron chi connectivity index (χ3n) is 5.78. The van der Waals surface area contributed by atoms with Gasteiger partial charge in [-0.1, -0.05) is 59.7 Å². The SMILES string of the molecule is C=C(C)C(=O)OCCCc1cc2nn(-c3c(O)c(C(C)(C)C)cc(C(C)(C)C)c3O)nc2cc1Cl. The predicted molar refractivity (Wildman–Crippen MR) is 139 cm³/mol. The summed E-state index contributed by atoms with van der Waals surface area (Å²) in [5.74, 6) is -0.538. The molecule has 0 fully saturated rings. The fourth-order valence-corrected chi connectivity index (χ4v) is 4.06. The fraction of sp³-hybridized carbons (Fsp3) is 0.444. The first kappa shape index (κ1) is 26.5. The number of hydrogen-bond donors (Lipinski definition) is 2. The lowest BCUT2D eigenvalue weighted by Gasteiger charge is -2.28. The van der Waals surface area contributed by atoms with E-state index in [1.54, 1.807) is 13.0 Å². The Morgan fingerprint density at radius 1 is 1.00 bits per heavy atom. The topological polar surface area (TPSA) is 97.5 Å². The fourth-order valence-electron chi connectivity index (χ4n) is 3.80. The second-order valence-electron chi connectivity index (χ2n) is 11.0. The van der Waals surface area contributed by atoms with Gasteiger partial charge in [0.05, 0.1) is 6.61 Å². The standard InChI is InChI=1S/C27H34ClN3O4/c1-15(2)25(34)35-11-9-10-16-12-20-21(14-19(16)28)30-31(29-20)22-23(32)17(26(3,4)5)13-18(24(22)33)27(6,7)8/h12-14,32-33H,1,9-11H2,2-8H3. The summed E-state index contributed by atoms with van der Waals surface area (Å²) in [6.45, 7) is 17.4. The molecule has 7 nitrogen and oxygen atoms in total. The number of carbonyl (C=O) groups excluding carboxylic acids is 1. The number of aromatic nitrogens is 3. The van der Waals surface area contributed by atoms with Crippen LogP contribution < -0.4 is 0 Å². The van der Waals surface area contributed by atoms with E-state index in [9.17, 15) is 15.0 Å². The molecule has 0 spiro atoms. The molecular formula is C27H34ClN3O4. The number of phenolic OH excluding ortho intramolecular Hbond substituents is 2. The Kier molecular flexibility index (Phi) is 7.23. The molecule has 0 amide bonds. The molecule has 2 N–H and O–H groups in total. The first-order valence-corrected chi connectivity index (χ1v) is 12.0. The van der Waals surface area contributed by atoms with Gasteiger partial charge in [0.1, 0.15) is 11.0 Å². The summed E-state index contributed by atoms with van der Waals surface area (Å²) in [6.07, 6.45) is 1.16. The lowest BCUT2D eigenvalue weighted by molar-refractivity contribution is -0.139. The van der Waals surface area contributed by atoms with E-state index < -0.39 is 5.97 Å². The van der Waals surface area contributed by atoms with Crippen LogP contribution in [0.25, 0.3) is 16.7 Å². The van der Waals surface area contributed by atoms with Crippen molar-refractivity contribution in [1.82, 2.24) is 15.0 Å². The van der Waals surface area contributed by atoms with Crippen LogP contribution >= 0.6 is 11.6 Å². The van der Waals surface area contributed by atoms with Gasteiger partial charge in [-0.2, -0.15) is 0 Å². The molecule has 0 saturated carbocycles. The highest BCUT2D eigenvalue weighted by molar-refractivity contribution is 6.32. The lowest BCUT2D eigenvalue weighted by atomic mass is 9.79. The van der Waals surface area contributed by atoms with Crippen LogP contribution in [-0.4, -0.2) is 37.8 Å². The monoisotopic (exact) mass is 499 g/mol. The lowest BCUT2D eigenvalue weighted by Crippen LogP contribution is -2.18. The molecule has 1 aromatic heterocycles. The second-order valence-corrected chi connectivity index (χ2v) is 11.4. The zero-order valence-electron chi connectivity index (χ0n) is 21.5. The van der Waals surface area contributed by atoms with E-state index in [1.807, 2.05) is 53.7 Å². The Labute approximate surface area is 211 Å². The van der Waals surface area contributed by atoms with Crippen molar-refractivity contribution >= 4 is 28.6 Å². The van der Waals surface area contributed by atoms with E-state index in [0.717, 1.165) is 5.56 Å². The van der Waals surface area contributed by atoms with Crippen molar-refractivity contribution in [3.05, 3.63) is 52.1 Å². The predicted octanol–water partition coefficient (Wildman–Crippen LogP) is 6.13. The summed E-state index contributed by atoms with van der Waals surface area (Å²) in [6, 6.07) is 5.39. The average Bonchev–Trinajstić information content (AvgIpc) is 3.10. The number of esters is 1. The van der Waals surface area contributed by atoms with Gasteiger partial charge in [0.15, 0.2) is 17.2 Å². The smallest absolute Gasteiger partial charge is 0.333 e. The van der Waals surface area contributed by atoms with Gasteiger partial charge in [-0.15, -0.1) is 15.0 Å². The highest BCUT2D eigenvalue weighted by atomic mass is 35.5. The van der Waals surface area contributed by atoms with E-state index in [0.29, 0.717) is 45.6 Å². The number of ether oxygens (including phenoxy) is 1. The highest BCUT2D eigenvalue weighted by Gasteiger charge is 2.31. The van der Waals surface area contributed by atoms with Crippen LogP contribution in [-0.2, 0) is 26.8 Å². The maximum absolute atomic E-state index is 11.6. The number of hydrogen-bond acceptors (Lipinski definition) is 6. The number of fused-ring (bicyclic) bond motifs is 1. The van der Waals surface area contributed by atoms with Crippen molar-refractivity contribution in [2.45, 2.75) is 72.1 Å². The van der Waals surface area contributed by atoms with Crippen molar-refractivity contribution in [1.29, 1.82) is 0 Å². The van der Waals surface area contributed by atoms with Gasteiger partial charge >= 0.3 is 5.97 Å². The average molecular weight is 500 g/mol. The van der Waals surface area contributed by atoms with E-state index in [1.165, 1.54) is 4.80 Å². The molecule has 0 atom stereocenters. The molecule has 0 radical (unpaired) electrons. The molecule has 0 unspecified atom stereocenters. The number of nitrogens with zero attached hydrogens (tertiary/aromatic N) is 3. The maximum atomic E-state index is 11.6. The van der Waals surface area contributed by atoms with Crippen LogP contribution in [0.4, 0.5) is 0 Å². The first-order chi connectivity index (χ1) is 16.1. The Bertz CT molecular complexity index is 1260. The number of rotatable bonds is 6. The van der Waals surface area contributed by atoms with Crippen molar-refractivity contribution in [3.8, 4) is 17.2 Å². The van der Waals surface area contributed by atoms with Crippen LogP contribution in [0.2, 0.25) is 5.02 Å². The molecule has 2 aromatic carbocycles. The van der Waals surface area contributed by atoms with Crippen molar-refractivity contribution in [2.75, 3.05) is 6.61 Å². The minimum atomic E-state index is -0.416. The summed E-state index contributed by atoms with van der Waals surface area (Å²) in [5, 5.41) is 31.9. The summed E-state index contributed by atoms with van der Waals surface area (Å²) < 4.78 is 5.15. The normalized spacial score (nSPS) is 12.2. The molecule has 35 heavy (non-hydrogen) atoms. The van der Waals surface area contributed by atoms with Crippen LogP contribution in [0.15, 0.2) is 30.4 Å². The van der Waals surface area contributed by atoms with Crippen molar-refractivity contribution in [2.24, 2.45) is 0 Å². The number of aromatic hydroxyl groups is 2. The molecule has 3 aromatic rings. The van der Waals surface area contributed by atoms with Gasteiger partial charge in [-0.3, -0.25) is 0 Å². The van der Waals surface area contributed by atoms with Crippen LogP contribution in [0.3, 0.4) is 0 Å². The summed E-state index contributed by atoms with van der Waals surface area (Å²) in [5.41, 5.74) is 3.09. The van der Waals surface area contributed by atoms with Gasteiger partial charge in [0.25, 0.3) is 0 Å². The minimum Gasteiger partial charge on any atom is -0.505 e. The van der Waals surface area contributed by atoms with Crippen LogP contribution in [0.5, 0.6) is 11.5 Å². The van der Waals surface area contributed by atoms with E-state index >= 15 is 0 Å². The van der Waals surface area contributed by atoms with Gasteiger partial charge in [0, 0.05) is 21.7 Å². The van der Waals surface area contributed by atoms with Gasteiger partial charge < -0.3 is 14.9 Å². The highest BCUT2D eigenvalue weighted by Crippen LogP contribution is 2.45. The quantitative estimate of drug-likeness (QED) is 0.240. The minimum absolute atomic E-state index is 0.0612. The number of phenols is 2. The van der Waals surface area contributed by atoms with Gasteiger partial charge in [-0.05, 0) is 54.4 Å². The second kappa shape index (κ2) is 9.53. The van der Waals surface area contributed by atoms with Crippen molar-refractivity contribution in [3.63, 3.8) is 0 Å². The zero-order chi connectivity index (χ0) is 26.3. The Morgan fingerprint density at radius 2 is 1.51 bits per heavy atom. The molecule has 3 rings (SSSR count). The van der Waals surface area contributed by atoms with Crippen LogP contribution in [0, 0.1) is 0 Å². The number of aryl methyl sites for hydroxylation is 1. The third kappa shape index (κ3) is 5.61. The number of carbonyl (C=O) groups is 1. The molecule has 0 aliphatic rings. The summed E-state index contributed by atoms with van der Waals surface area (Å²) in [7, 11) is 0. The Balaban J connectivity index is 2.03. The Morgan fingerprint density at radius 3 is 2.00 bits per heavy atom. The maximum Gasteiger partial charge on any atom is 0.333 e.